The second-order valence-corrected chi connectivity index (χ2v) is 21.1. The van der Waals surface area contributed by atoms with Crippen molar-refractivity contribution in [3.63, 3.8) is 0 Å². The highest BCUT2D eigenvalue weighted by molar-refractivity contribution is 7.51. The van der Waals surface area contributed by atoms with E-state index in [-0.39, 0.29) is 55.3 Å². The Morgan fingerprint density at radius 2 is 1.41 bits per heavy atom. The minimum Gasteiger partial charge on any atom is -0.497 e. The van der Waals surface area contributed by atoms with Gasteiger partial charge in [0.2, 0.25) is 5.91 Å². The maximum absolute atomic E-state index is 15.7. The van der Waals surface area contributed by atoms with Crippen molar-refractivity contribution < 1.29 is 50.9 Å². The van der Waals surface area contributed by atoms with Gasteiger partial charge in [0.15, 0.2) is 17.9 Å². The van der Waals surface area contributed by atoms with Crippen LogP contribution in [-0.4, -0.2) is 91.1 Å². The Bertz CT molecular complexity index is 2520. The predicted octanol–water partition coefficient (Wildman–Crippen LogP) is 12.6. The minimum atomic E-state index is -4.35. The lowest BCUT2D eigenvalue weighted by molar-refractivity contribution is -0.121. The van der Waals surface area contributed by atoms with Crippen LogP contribution in [0.2, 0.25) is 0 Å². The molecule has 5 aromatic rings. The van der Waals surface area contributed by atoms with Crippen LogP contribution in [0.15, 0.2) is 97.3 Å². The van der Waals surface area contributed by atoms with Crippen LogP contribution >= 0.6 is 7.75 Å². The molecule has 2 heterocycles. The van der Waals surface area contributed by atoms with E-state index in [0.29, 0.717) is 30.9 Å². The molecule has 14 nitrogen and oxygen atoms in total. The maximum atomic E-state index is 15.7. The third kappa shape index (κ3) is 14.6. The van der Waals surface area contributed by atoms with Crippen molar-refractivity contribution in [3.05, 3.63) is 126 Å². The Labute approximate surface area is 436 Å². The van der Waals surface area contributed by atoms with Crippen molar-refractivity contribution in [2.45, 2.75) is 154 Å². The third-order valence-electron chi connectivity index (χ3n) is 13.4. The monoisotopic (exact) mass is 1040 g/mol. The number of nitriles is 1. The van der Waals surface area contributed by atoms with Gasteiger partial charge in [-0.3, -0.25) is 13.8 Å². The van der Waals surface area contributed by atoms with Gasteiger partial charge >= 0.3 is 7.75 Å². The summed E-state index contributed by atoms with van der Waals surface area (Å²) in [4.78, 5) is 17.2. The molecular weight excluding hydrogens is 968 g/mol. The van der Waals surface area contributed by atoms with Crippen LogP contribution in [0.25, 0.3) is 11.0 Å². The van der Waals surface area contributed by atoms with Crippen molar-refractivity contribution >= 4 is 24.7 Å². The highest BCUT2D eigenvalue weighted by atomic mass is 31.2. The molecule has 6 rings (SSSR count). The summed E-state index contributed by atoms with van der Waals surface area (Å²) >= 11 is 0. The van der Waals surface area contributed by atoms with Crippen LogP contribution in [0.4, 0.5) is 8.78 Å². The Hall–Kier alpha value is -5.24. The molecule has 402 valence electrons. The summed E-state index contributed by atoms with van der Waals surface area (Å²) in [5, 5.41) is 12.6. The number of methoxy groups -OCH3 is 2. The number of carbonyl (C=O) groups is 1. The first kappa shape index (κ1) is 58.0. The second-order valence-electron chi connectivity index (χ2n) is 19.2. The number of halogens is 2. The Balaban J connectivity index is 1.38. The molecule has 74 heavy (non-hydrogen) atoms. The summed E-state index contributed by atoms with van der Waals surface area (Å²) in [7, 11) is -1.16. The number of amides is 1. The highest BCUT2D eigenvalue weighted by Crippen LogP contribution is 2.58. The standard InChI is InChI=1S/C57H76F2N5O9P/c1-8-9-10-11-12-13-14-15-19-24-51(65)61-36-21-37-69-55-54(73-74(66,71-38-20-35-60)64(41(2)3)42(4)5)50(72-56(55)63-40-62-53-49(63)34-33-48(58)52(53)59)39-70-57(43-22-17-16-18-23-43,44-25-29-46(67-6)30-26-44)45-27-31-47(68-7)32-28-45/h16-18,22-23,25-34,40-42,50,54-56H,8-15,19-21,24,36-39H2,1-7H3,(H,61,65)/t50-,54-,55-,56-,74?/m1/s1. The maximum Gasteiger partial charge on any atom is 0.409 e. The largest absolute Gasteiger partial charge is 0.497 e. The van der Waals surface area contributed by atoms with Gasteiger partial charge in [-0.2, -0.15) is 5.26 Å². The van der Waals surface area contributed by atoms with Gasteiger partial charge in [-0.05, 0) is 93.6 Å². The van der Waals surface area contributed by atoms with Crippen molar-refractivity contribution in [1.82, 2.24) is 19.5 Å². The summed E-state index contributed by atoms with van der Waals surface area (Å²) in [6, 6.07) is 28.6. The SMILES string of the molecule is CCCCCCCCCCCC(=O)NCCCO[C@@H]1[C@H](OP(=O)(OCCC#N)N(C(C)C)C(C)C)[C@@H](COC(c2ccccc2)(c2ccc(OC)cc2)c2ccc(OC)cc2)O[C@H]1n1cnc2c(F)c(F)ccc21. The fraction of sp³-hybridized carbons (Fsp3) is 0.526. The molecule has 1 N–H and O–H groups in total. The fourth-order valence-corrected chi connectivity index (χ4v) is 12.1. The summed E-state index contributed by atoms with van der Waals surface area (Å²) < 4.78 is 94.5. The van der Waals surface area contributed by atoms with Gasteiger partial charge in [0.25, 0.3) is 0 Å². The van der Waals surface area contributed by atoms with Crippen molar-refractivity contribution in [2.24, 2.45) is 0 Å². The lowest BCUT2D eigenvalue weighted by Crippen LogP contribution is -2.44. The molecule has 1 amide bonds. The number of unbranched alkanes of at least 4 members (excludes halogenated alkanes) is 8. The third-order valence-corrected chi connectivity index (χ3v) is 15.9. The molecule has 0 saturated carbocycles. The Morgan fingerprint density at radius 1 is 0.811 bits per heavy atom. The van der Waals surface area contributed by atoms with Gasteiger partial charge < -0.3 is 33.6 Å². The first-order valence-corrected chi connectivity index (χ1v) is 27.7. The topological polar surface area (TPSA) is 156 Å². The van der Waals surface area contributed by atoms with E-state index in [1.807, 2.05) is 107 Å². The number of carbonyl (C=O) groups excluding carboxylic acids is 1. The summed E-state index contributed by atoms with van der Waals surface area (Å²) in [5.74, 6) is -0.970. The Morgan fingerprint density at radius 3 is 1.99 bits per heavy atom. The molecule has 1 aliphatic heterocycles. The zero-order valence-electron chi connectivity index (χ0n) is 44.2. The van der Waals surface area contributed by atoms with Gasteiger partial charge in [-0.25, -0.2) is 23.0 Å². The van der Waals surface area contributed by atoms with Crippen molar-refractivity contribution in [2.75, 3.05) is 40.6 Å². The number of ether oxygens (including phenoxy) is 5. The van der Waals surface area contributed by atoms with Gasteiger partial charge in [-0.15, -0.1) is 0 Å². The summed E-state index contributed by atoms with van der Waals surface area (Å²) in [6.45, 7) is 9.69. The van der Waals surface area contributed by atoms with Crippen LogP contribution in [-0.2, 0) is 38.2 Å². The van der Waals surface area contributed by atoms with Gasteiger partial charge in [0, 0.05) is 31.7 Å². The quantitative estimate of drug-likeness (QED) is 0.0247. The predicted molar refractivity (Wildman–Crippen MR) is 282 cm³/mol. The van der Waals surface area contributed by atoms with E-state index in [0.717, 1.165) is 42.0 Å². The molecule has 4 aromatic carbocycles. The van der Waals surface area contributed by atoms with E-state index in [4.69, 9.17) is 32.7 Å². The number of imidazole rings is 1. The molecule has 0 spiro atoms. The zero-order chi connectivity index (χ0) is 53.1. The average molecular weight is 1040 g/mol. The van der Waals surface area contributed by atoms with Crippen LogP contribution in [0.1, 0.15) is 135 Å². The molecule has 1 fully saturated rings. The average Bonchev–Trinajstić information content (AvgIpc) is 3.98. The Kier molecular flexibility index (Phi) is 22.4. The number of fused-ring (bicyclic) bond motifs is 1. The molecular formula is C57H76F2N5O9P. The molecule has 0 radical (unpaired) electrons. The van der Waals surface area contributed by atoms with E-state index in [1.165, 1.54) is 50.9 Å². The minimum absolute atomic E-state index is 0.0406. The lowest BCUT2D eigenvalue weighted by atomic mass is 9.80. The van der Waals surface area contributed by atoms with Gasteiger partial charge in [0.1, 0.15) is 40.9 Å². The van der Waals surface area contributed by atoms with Crippen LogP contribution in [0.3, 0.4) is 0 Å². The van der Waals surface area contributed by atoms with Crippen molar-refractivity contribution in [1.29, 1.82) is 5.26 Å². The number of aromatic nitrogens is 2. The molecule has 5 atom stereocenters. The number of rotatable bonds is 32. The van der Waals surface area contributed by atoms with Crippen LogP contribution in [0, 0.1) is 23.0 Å². The molecule has 17 heteroatoms. The fourth-order valence-electron chi connectivity index (χ4n) is 9.78. The zero-order valence-corrected chi connectivity index (χ0v) is 45.1. The highest BCUT2D eigenvalue weighted by Gasteiger charge is 2.54. The number of nitrogens with zero attached hydrogens (tertiary/aromatic N) is 4. The molecule has 1 unspecified atom stereocenters. The van der Waals surface area contributed by atoms with Crippen LogP contribution in [0.5, 0.6) is 11.5 Å². The first-order chi connectivity index (χ1) is 35.8. The van der Waals surface area contributed by atoms with E-state index in [1.54, 1.807) is 23.5 Å². The van der Waals surface area contributed by atoms with E-state index < -0.39 is 49.5 Å². The number of hydrogen-bond donors (Lipinski definition) is 1. The molecule has 1 aliphatic rings. The number of nitrogens with one attached hydrogen (secondary N) is 1. The van der Waals surface area contributed by atoms with Crippen molar-refractivity contribution in [3.8, 4) is 17.6 Å². The van der Waals surface area contributed by atoms with E-state index in [2.05, 4.69) is 23.3 Å². The van der Waals surface area contributed by atoms with Gasteiger partial charge in [-0.1, -0.05) is 113 Å². The number of hydrogen-bond acceptors (Lipinski definition) is 11. The van der Waals surface area contributed by atoms with Crippen LogP contribution < -0.4 is 14.8 Å². The molecule has 0 aliphatic carbocycles. The molecule has 1 saturated heterocycles. The number of benzene rings is 4. The molecule has 0 bridgehead atoms. The summed E-state index contributed by atoms with van der Waals surface area (Å²) in [6.07, 6.45) is 7.88. The normalized spacial score (nSPS) is 17.8. The lowest BCUT2D eigenvalue weighted by Gasteiger charge is -2.39. The second kappa shape index (κ2) is 28.6. The van der Waals surface area contributed by atoms with E-state index >= 15 is 8.96 Å². The first-order valence-electron chi connectivity index (χ1n) is 26.2. The molecule has 1 aromatic heterocycles. The van der Waals surface area contributed by atoms with Gasteiger partial charge in [0.05, 0.1) is 51.8 Å². The smallest absolute Gasteiger partial charge is 0.409 e. The summed E-state index contributed by atoms with van der Waals surface area (Å²) in [5.41, 5.74) is 0.905. The van der Waals surface area contributed by atoms with E-state index in [9.17, 15) is 14.4 Å².